The first-order valence-corrected chi connectivity index (χ1v) is 10.6. The Bertz CT molecular complexity index is 715. The van der Waals surface area contributed by atoms with Gasteiger partial charge in [-0.15, -0.1) is 0 Å². The molecule has 140 valence electrons. The molecule has 3 heterocycles. The molecule has 0 spiro atoms. The zero-order chi connectivity index (χ0) is 17.9. The molecule has 0 unspecified atom stereocenters. The van der Waals surface area contributed by atoms with E-state index in [0.29, 0.717) is 39.1 Å². The summed E-state index contributed by atoms with van der Waals surface area (Å²) in [4.78, 5) is 13.6. The lowest BCUT2D eigenvalue weighted by molar-refractivity contribution is -0.124. The first-order valence-electron chi connectivity index (χ1n) is 9.00. The van der Waals surface area contributed by atoms with E-state index in [1.54, 1.807) is 4.31 Å². The Hall–Kier alpha value is -1.45. The molecule has 0 atom stereocenters. The van der Waals surface area contributed by atoms with Gasteiger partial charge in [-0.2, -0.15) is 9.40 Å². The molecule has 9 heteroatoms. The van der Waals surface area contributed by atoms with Gasteiger partial charge in [-0.1, -0.05) is 13.3 Å². The van der Waals surface area contributed by atoms with E-state index in [9.17, 15) is 13.2 Å². The summed E-state index contributed by atoms with van der Waals surface area (Å²) in [7, 11) is -3.21. The highest BCUT2D eigenvalue weighted by atomic mass is 32.2. The van der Waals surface area contributed by atoms with Crippen molar-refractivity contribution in [3.8, 4) is 0 Å². The molecule has 1 aromatic rings. The molecule has 0 saturated carbocycles. The number of hydrogen-bond donors (Lipinski definition) is 1. The Morgan fingerprint density at radius 3 is 2.84 bits per heavy atom. The Kier molecular flexibility index (Phi) is 5.75. The van der Waals surface area contributed by atoms with Crippen LogP contribution in [-0.2, 0) is 34.5 Å². The molecule has 0 bridgehead atoms. The van der Waals surface area contributed by atoms with E-state index in [2.05, 4.69) is 15.3 Å². The summed E-state index contributed by atoms with van der Waals surface area (Å²) in [5.41, 5.74) is 1.84. The van der Waals surface area contributed by atoms with Gasteiger partial charge in [0.25, 0.3) is 0 Å². The second-order valence-corrected chi connectivity index (χ2v) is 8.86. The molecule has 0 aliphatic carbocycles. The van der Waals surface area contributed by atoms with Crippen molar-refractivity contribution >= 4 is 15.9 Å². The normalized spacial score (nSPS) is 20.1. The van der Waals surface area contributed by atoms with E-state index in [-0.39, 0.29) is 11.7 Å². The maximum atomic E-state index is 12.5. The third-order valence-electron chi connectivity index (χ3n) is 4.68. The minimum Gasteiger partial charge on any atom is -0.354 e. The Morgan fingerprint density at radius 2 is 2.08 bits per heavy atom. The van der Waals surface area contributed by atoms with Crippen molar-refractivity contribution in [2.75, 3.05) is 31.9 Å². The zero-order valence-electron chi connectivity index (χ0n) is 14.8. The highest BCUT2D eigenvalue weighted by Crippen LogP contribution is 2.18. The van der Waals surface area contributed by atoms with Crippen LogP contribution in [0.5, 0.6) is 0 Å². The average molecular weight is 369 g/mol. The van der Waals surface area contributed by atoms with Crippen LogP contribution in [0.15, 0.2) is 6.07 Å². The number of hydrogen-bond acceptors (Lipinski definition) is 5. The first-order chi connectivity index (χ1) is 12.0. The number of aryl methyl sites for hydroxylation is 1. The molecule has 2 aliphatic rings. The molecule has 0 aromatic carbocycles. The number of carbonyl (C=O) groups excluding carboxylic acids is 1. The molecule has 2 aliphatic heterocycles. The summed E-state index contributed by atoms with van der Waals surface area (Å²) in [5, 5.41) is 7.44. The minimum absolute atomic E-state index is 0.0419. The first kappa shape index (κ1) is 18.3. The number of aromatic nitrogens is 2. The van der Waals surface area contributed by atoms with Crippen LogP contribution < -0.4 is 5.32 Å². The Morgan fingerprint density at radius 1 is 1.24 bits per heavy atom. The summed E-state index contributed by atoms with van der Waals surface area (Å²) in [6.07, 6.45) is 2.34. The van der Waals surface area contributed by atoms with Crippen molar-refractivity contribution in [3.05, 3.63) is 17.5 Å². The monoisotopic (exact) mass is 369 g/mol. The van der Waals surface area contributed by atoms with Gasteiger partial charge in [0.15, 0.2) is 0 Å². The molecular weight excluding hydrogens is 342 g/mol. The van der Waals surface area contributed by atoms with Gasteiger partial charge in [-0.25, -0.2) is 8.42 Å². The van der Waals surface area contributed by atoms with Crippen LogP contribution in [0.25, 0.3) is 0 Å². The Labute approximate surface area is 149 Å². The summed E-state index contributed by atoms with van der Waals surface area (Å²) < 4.78 is 28.5. The number of carbonyl (C=O) groups is 1. The number of unbranched alkanes of at least 4 members (excludes halogenated alkanes) is 1. The number of nitrogens with zero attached hydrogens (tertiary/aromatic N) is 4. The van der Waals surface area contributed by atoms with E-state index in [0.717, 1.165) is 37.3 Å². The lowest BCUT2D eigenvalue weighted by Crippen LogP contribution is -2.47. The zero-order valence-corrected chi connectivity index (χ0v) is 15.6. The van der Waals surface area contributed by atoms with Crippen molar-refractivity contribution in [2.24, 2.45) is 0 Å². The lowest BCUT2D eigenvalue weighted by atomic mass is 10.3. The number of piperazine rings is 1. The van der Waals surface area contributed by atoms with Gasteiger partial charge in [-0.3, -0.25) is 14.4 Å². The second kappa shape index (κ2) is 7.84. The van der Waals surface area contributed by atoms with Crippen LogP contribution in [0.4, 0.5) is 0 Å². The van der Waals surface area contributed by atoms with Crippen LogP contribution in [0.1, 0.15) is 37.6 Å². The molecule has 1 amide bonds. The van der Waals surface area contributed by atoms with Crippen LogP contribution in [0, 0.1) is 0 Å². The predicted molar refractivity (Wildman–Crippen MR) is 94.2 cm³/mol. The fourth-order valence-electron chi connectivity index (χ4n) is 3.32. The molecule has 3 rings (SSSR count). The largest absolute Gasteiger partial charge is 0.354 e. The fourth-order valence-corrected chi connectivity index (χ4v) is 4.97. The minimum atomic E-state index is -3.21. The van der Waals surface area contributed by atoms with E-state index < -0.39 is 10.0 Å². The number of rotatable bonds is 6. The molecule has 25 heavy (non-hydrogen) atoms. The van der Waals surface area contributed by atoms with Crippen molar-refractivity contribution < 1.29 is 13.2 Å². The average Bonchev–Trinajstić information content (AvgIpc) is 2.82. The number of amides is 1. The molecule has 1 fully saturated rings. The van der Waals surface area contributed by atoms with E-state index in [1.165, 1.54) is 0 Å². The lowest BCUT2D eigenvalue weighted by Gasteiger charge is -2.25. The molecule has 0 radical (unpaired) electrons. The summed E-state index contributed by atoms with van der Waals surface area (Å²) in [6.45, 7) is 6.16. The maximum absolute atomic E-state index is 12.5. The smallest absolute Gasteiger partial charge is 0.234 e. The topological polar surface area (TPSA) is 87.5 Å². The van der Waals surface area contributed by atoms with Crippen molar-refractivity contribution in [3.63, 3.8) is 0 Å². The summed E-state index contributed by atoms with van der Waals surface area (Å²) in [5.74, 6) is 0.258. The quantitative estimate of drug-likeness (QED) is 0.771. The predicted octanol–water partition coefficient (Wildman–Crippen LogP) is 0.151. The summed E-state index contributed by atoms with van der Waals surface area (Å²) in [6, 6.07) is 1.99. The highest BCUT2D eigenvalue weighted by molar-refractivity contribution is 7.89. The van der Waals surface area contributed by atoms with E-state index in [1.807, 2.05) is 17.7 Å². The molecule has 1 saturated heterocycles. The fraction of sp³-hybridized carbons (Fsp3) is 0.750. The van der Waals surface area contributed by atoms with Gasteiger partial charge in [-0.05, 0) is 18.9 Å². The van der Waals surface area contributed by atoms with Gasteiger partial charge in [0.2, 0.25) is 15.9 Å². The van der Waals surface area contributed by atoms with Crippen molar-refractivity contribution in [1.29, 1.82) is 0 Å². The van der Waals surface area contributed by atoms with Crippen LogP contribution in [0.2, 0.25) is 0 Å². The maximum Gasteiger partial charge on any atom is 0.234 e. The molecule has 8 nitrogen and oxygen atoms in total. The number of fused-ring (bicyclic) bond motifs is 1. The van der Waals surface area contributed by atoms with Crippen molar-refractivity contribution in [1.82, 2.24) is 24.3 Å². The van der Waals surface area contributed by atoms with E-state index >= 15 is 0 Å². The van der Waals surface area contributed by atoms with E-state index in [4.69, 9.17) is 0 Å². The standard InChI is InChI=1S/C16H27N5O3S/c1-2-3-9-25(23,24)20-6-4-7-21-15(12-20)10-14(18-21)11-19-8-5-17-16(22)13-19/h10H,2-9,11-13H2,1H3,(H,17,22). The third kappa shape index (κ3) is 4.59. The third-order valence-corrected chi connectivity index (χ3v) is 6.58. The van der Waals surface area contributed by atoms with Gasteiger partial charge in [0.05, 0.1) is 30.2 Å². The van der Waals surface area contributed by atoms with Crippen LogP contribution in [0.3, 0.4) is 0 Å². The van der Waals surface area contributed by atoms with Gasteiger partial charge >= 0.3 is 0 Å². The summed E-state index contributed by atoms with van der Waals surface area (Å²) >= 11 is 0. The van der Waals surface area contributed by atoms with Crippen LogP contribution >= 0.6 is 0 Å². The number of sulfonamides is 1. The van der Waals surface area contributed by atoms with Gasteiger partial charge in [0, 0.05) is 32.7 Å². The van der Waals surface area contributed by atoms with Gasteiger partial charge in [0.1, 0.15) is 0 Å². The second-order valence-electron chi connectivity index (χ2n) is 6.77. The molecular formula is C16H27N5O3S. The Balaban J connectivity index is 1.69. The van der Waals surface area contributed by atoms with Gasteiger partial charge < -0.3 is 5.32 Å². The van der Waals surface area contributed by atoms with Crippen molar-refractivity contribution in [2.45, 2.75) is 45.8 Å². The SMILES string of the molecule is CCCCS(=O)(=O)N1CCCn2nc(CN3CCNC(=O)C3)cc2C1. The number of nitrogens with one attached hydrogen (secondary N) is 1. The highest BCUT2D eigenvalue weighted by Gasteiger charge is 2.26. The van der Waals surface area contributed by atoms with Crippen LogP contribution in [-0.4, -0.2) is 65.2 Å². The molecule has 1 aromatic heterocycles. The molecule has 1 N–H and O–H groups in total.